The van der Waals surface area contributed by atoms with Crippen LogP contribution in [-0.4, -0.2) is 0 Å². The summed E-state index contributed by atoms with van der Waals surface area (Å²) in [5, 5.41) is 2.26. The fourth-order valence-electron chi connectivity index (χ4n) is 5.49. The van der Waals surface area contributed by atoms with Crippen LogP contribution in [0.1, 0.15) is 67.5 Å². The summed E-state index contributed by atoms with van der Waals surface area (Å²) in [6, 6.07) is 39.8. The summed E-state index contributed by atoms with van der Waals surface area (Å²) in [6.45, 7) is 8.51. The van der Waals surface area contributed by atoms with Crippen molar-refractivity contribution in [2.24, 2.45) is 0 Å². The van der Waals surface area contributed by atoms with E-state index in [2.05, 4.69) is 149 Å². The first-order chi connectivity index (χ1) is 20.3. The van der Waals surface area contributed by atoms with Crippen LogP contribution in [-0.2, 0) is 11.8 Å². The van der Waals surface area contributed by atoms with E-state index in [1.807, 2.05) is 0 Å². The molecule has 0 aliphatic rings. The molecule has 2 heteroatoms. The standard InChI is InChI=1S/C40H38Cl2/c1-27-5-13-31(14-6-27)39(32-15-7-28(2)8-16-32)23-35-21-38(26-42)36(22-37(35)25-41)24-40(33-17-9-29(3)10-18-33)34-19-11-30(4)12-20-34/h5-24,39-40H,25-26H2,1-4H3. The topological polar surface area (TPSA) is 0 Å². The number of rotatable bonds is 8. The van der Waals surface area contributed by atoms with Gasteiger partial charge in [-0.3, -0.25) is 0 Å². The number of hydrogen-bond donors (Lipinski definition) is 0. The number of benzene rings is 5. The second-order valence-electron chi connectivity index (χ2n) is 11.4. The minimum Gasteiger partial charge on any atom is -0.122 e. The van der Waals surface area contributed by atoms with Gasteiger partial charge in [-0.25, -0.2) is 0 Å². The van der Waals surface area contributed by atoms with Gasteiger partial charge in [0.15, 0.2) is 0 Å². The van der Waals surface area contributed by atoms with Gasteiger partial charge in [0.25, 0.3) is 0 Å². The third-order valence-corrected chi connectivity index (χ3v) is 8.70. The second-order valence-corrected chi connectivity index (χ2v) is 12.0. The lowest BCUT2D eigenvalue weighted by atomic mass is 9.87. The monoisotopic (exact) mass is 588 g/mol. The molecule has 0 aliphatic heterocycles. The van der Waals surface area contributed by atoms with Gasteiger partial charge < -0.3 is 0 Å². The quantitative estimate of drug-likeness (QED) is 0.158. The van der Waals surface area contributed by atoms with Crippen molar-refractivity contribution >= 4 is 35.4 Å². The second kappa shape index (κ2) is 13.6. The molecule has 5 aromatic carbocycles. The van der Waals surface area contributed by atoms with Crippen LogP contribution in [0.2, 0.25) is 0 Å². The summed E-state index contributed by atoms with van der Waals surface area (Å²) >= 11 is 13.3. The Morgan fingerprint density at radius 3 is 0.881 bits per heavy atom. The van der Waals surface area contributed by atoms with Crippen molar-refractivity contribution in [2.75, 3.05) is 0 Å². The number of hydrogen-bond acceptors (Lipinski definition) is 0. The molecule has 0 aromatic heterocycles. The minimum atomic E-state index is 0.0963. The first-order valence-electron chi connectivity index (χ1n) is 14.6. The maximum absolute atomic E-state index is 6.66. The zero-order chi connectivity index (χ0) is 29.6. The van der Waals surface area contributed by atoms with Crippen molar-refractivity contribution in [3.63, 3.8) is 0 Å². The molecular formula is C40H38Cl2. The van der Waals surface area contributed by atoms with E-state index in [0.29, 0.717) is 11.8 Å². The van der Waals surface area contributed by atoms with E-state index in [9.17, 15) is 0 Å². The van der Waals surface area contributed by atoms with Gasteiger partial charge in [-0.05, 0) is 83.6 Å². The lowest BCUT2D eigenvalue weighted by Crippen LogP contribution is -2.21. The van der Waals surface area contributed by atoms with Crippen LogP contribution in [0, 0.1) is 27.7 Å². The van der Waals surface area contributed by atoms with E-state index in [0.717, 1.165) is 21.6 Å². The summed E-state index contributed by atoms with van der Waals surface area (Å²) < 4.78 is 0. The Bertz CT molecular complexity index is 1520. The van der Waals surface area contributed by atoms with E-state index in [1.54, 1.807) is 0 Å². The molecule has 0 aliphatic carbocycles. The Morgan fingerprint density at radius 1 is 0.429 bits per heavy atom. The van der Waals surface area contributed by atoms with E-state index in [-0.39, 0.29) is 11.8 Å². The Labute approximate surface area is 261 Å². The molecule has 0 atom stereocenters. The van der Waals surface area contributed by atoms with Crippen molar-refractivity contribution in [2.45, 2.75) is 51.3 Å². The smallest absolute Gasteiger partial charge is 0.0480 e. The highest BCUT2D eigenvalue weighted by atomic mass is 35.5. The summed E-state index contributed by atoms with van der Waals surface area (Å²) in [7, 11) is 0. The zero-order valence-electron chi connectivity index (χ0n) is 24.9. The highest BCUT2D eigenvalue weighted by Crippen LogP contribution is 2.29. The first kappa shape index (κ1) is 29.9. The maximum Gasteiger partial charge on any atom is 0.0480 e. The molecule has 0 bridgehead atoms. The number of alkyl halides is 2. The van der Waals surface area contributed by atoms with Crippen molar-refractivity contribution in [1.82, 2.24) is 0 Å². The lowest BCUT2D eigenvalue weighted by Gasteiger charge is -2.17. The van der Waals surface area contributed by atoms with Gasteiger partial charge in [-0.2, -0.15) is 0 Å². The Balaban J connectivity index is 1.69. The molecule has 0 nitrogen and oxygen atoms in total. The fraction of sp³-hybridized carbons (Fsp3) is 0.200. The van der Waals surface area contributed by atoms with Crippen LogP contribution in [0.3, 0.4) is 0 Å². The molecule has 0 radical (unpaired) electrons. The van der Waals surface area contributed by atoms with Crippen molar-refractivity contribution in [3.8, 4) is 0 Å². The normalized spacial score (nSPS) is 12.5. The molecule has 0 N–H and O–H groups in total. The molecule has 42 heavy (non-hydrogen) atoms. The largest absolute Gasteiger partial charge is 0.122 e. The molecular weight excluding hydrogens is 551 g/mol. The van der Waals surface area contributed by atoms with Crippen LogP contribution >= 0.6 is 23.2 Å². The zero-order valence-corrected chi connectivity index (χ0v) is 26.4. The van der Waals surface area contributed by atoms with Gasteiger partial charge in [0.1, 0.15) is 0 Å². The predicted octanol–water partition coefficient (Wildman–Crippen LogP) is 9.62. The molecule has 0 saturated heterocycles. The molecule has 0 unspecified atom stereocenters. The third-order valence-electron chi connectivity index (χ3n) is 8.13. The molecule has 0 fully saturated rings. The van der Waals surface area contributed by atoms with Crippen molar-refractivity contribution < 1.29 is 0 Å². The molecule has 0 heterocycles. The Hall–Kier alpha value is -3.58. The molecule has 0 saturated carbocycles. The van der Waals surface area contributed by atoms with Gasteiger partial charge >= 0.3 is 0 Å². The van der Waals surface area contributed by atoms with Crippen LogP contribution in [0.15, 0.2) is 109 Å². The maximum atomic E-state index is 6.66. The summed E-state index contributed by atoms with van der Waals surface area (Å²) in [4.78, 5) is 0. The highest BCUT2D eigenvalue weighted by molar-refractivity contribution is 6.17. The van der Waals surface area contributed by atoms with Crippen LogP contribution in [0.4, 0.5) is 0 Å². The van der Waals surface area contributed by atoms with E-state index in [1.165, 1.54) is 44.5 Å². The average molecular weight is 590 g/mol. The molecule has 5 aromatic rings. The lowest BCUT2D eigenvalue weighted by molar-refractivity contribution is 1.06. The SMILES string of the molecule is Cc1ccc(C(C=c2cc(CCl)c(=CC(c3ccc(C)cc3)c3ccc(C)cc3)cc2CCl)c2ccc(C)cc2)cc1. The summed E-state index contributed by atoms with van der Waals surface area (Å²) in [5.41, 5.74) is 12.2. The van der Waals surface area contributed by atoms with Gasteiger partial charge in [0.05, 0.1) is 0 Å². The molecule has 0 spiro atoms. The number of aryl methyl sites for hydroxylation is 4. The highest BCUT2D eigenvalue weighted by Gasteiger charge is 2.15. The van der Waals surface area contributed by atoms with Gasteiger partial charge in [-0.15, -0.1) is 23.2 Å². The van der Waals surface area contributed by atoms with E-state index < -0.39 is 0 Å². The summed E-state index contributed by atoms with van der Waals surface area (Å²) in [6.07, 6.45) is 4.70. The first-order valence-corrected chi connectivity index (χ1v) is 15.6. The van der Waals surface area contributed by atoms with Crippen LogP contribution < -0.4 is 10.4 Å². The number of halogens is 2. The van der Waals surface area contributed by atoms with Gasteiger partial charge in [0, 0.05) is 23.6 Å². The molecule has 5 rings (SSSR count). The van der Waals surface area contributed by atoms with Crippen molar-refractivity contribution in [3.05, 3.63) is 175 Å². The predicted molar refractivity (Wildman–Crippen MR) is 182 cm³/mol. The van der Waals surface area contributed by atoms with E-state index >= 15 is 0 Å². The summed E-state index contributed by atoms with van der Waals surface area (Å²) in [5.74, 6) is 1.03. The molecule has 212 valence electrons. The van der Waals surface area contributed by atoms with E-state index in [4.69, 9.17) is 23.2 Å². The van der Waals surface area contributed by atoms with Gasteiger partial charge in [-0.1, -0.05) is 131 Å². The minimum absolute atomic E-state index is 0.0963. The van der Waals surface area contributed by atoms with Gasteiger partial charge in [0.2, 0.25) is 0 Å². The average Bonchev–Trinajstić information content (AvgIpc) is 3.01. The van der Waals surface area contributed by atoms with Crippen molar-refractivity contribution in [1.29, 1.82) is 0 Å². The third kappa shape index (κ3) is 7.06. The van der Waals surface area contributed by atoms with Crippen LogP contribution in [0.25, 0.3) is 12.2 Å². The fourth-order valence-corrected chi connectivity index (χ4v) is 5.96. The molecule has 0 amide bonds. The Kier molecular flexibility index (Phi) is 9.68. The Morgan fingerprint density at radius 2 is 0.667 bits per heavy atom. The van der Waals surface area contributed by atoms with Crippen LogP contribution in [0.5, 0.6) is 0 Å².